The van der Waals surface area contributed by atoms with Crippen LogP contribution in [0.1, 0.15) is 12.5 Å². The number of rotatable bonds is 4. The SMILES string of the molecule is C[C@H](CO)NCc1cccc2cccnc12. The molecular weight excluding hydrogens is 200 g/mol. The van der Waals surface area contributed by atoms with Crippen LogP contribution < -0.4 is 5.32 Å². The fourth-order valence-electron chi connectivity index (χ4n) is 1.66. The van der Waals surface area contributed by atoms with E-state index in [1.807, 2.05) is 19.1 Å². The van der Waals surface area contributed by atoms with Crippen molar-refractivity contribution in [3.05, 3.63) is 42.1 Å². The van der Waals surface area contributed by atoms with Gasteiger partial charge in [-0.3, -0.25) is 4.98 Å². The molecular formula is C13H16N2O. The Kier molecular flexibility index (Phi) is 3.49. The average Bonchev–Trinajstić information content (AvgIpc) is 2.35. The molecule has 1 aromatic carbocycles. The summed E-state index contributed by atoms with van der Waals surface area (Å²) in [5, 5.41) is 13.3. The lowest BCUT2D eigenvalue weighted by Gasteiger charge is -2.11. The molecule has 16 heavy (non-hydrogen) atoms. The van der Waals surface area contributed by atoms with E-state index in [-0.39, 0.29) is 12.6 Å². The number of hydrogen-bond donors (Lipinski definition) is 2. The summed E-state index contributed by atoms with van der Waals surface area (Å²) in [6, 6.07) is 10.3. The summed E-state index contributed by atoms with van der Waals surface area (Å²) in [4.78, 5) is 4.38. The molecule has 1 atom stereocenters. The number of nitrogens with one attached hydrogen (secondary N) is 1. The molecule has 3 nitrogen and oxygen atoms in total. The summed E-state index contributed by atoms with van der Waals surface area (Å²) in [7, 11) is 0. The summed E-state index contributed by atoms with van der Waals surface area (Å²) in [5.41, 5.74) is 2.20. The van der Waals surface area contributed by atoms with Gasteiger partial charge in [0.05, 0.1) is 12.1 Å². The Balaban J connectivity index is 2.23. The van der Waals surface area contributed by atoms with Crippen molar-refractivity contribution in [3.63, 3.8) is 0 Å². The summed E-state index contributed by atoms with van der Waals surface area (Å²) >= 11 is 0. The Labute approximate surface area is 95.1 Å². The Morgan fingerprint density at radius 3 is 2.94 bits per heavy atom. The number of aliphatic hydroxyl groups excluding tert-OH is 1. The van der Waals surface area contributed by atoms with Crippen LogP contribution in [0.15, 0.2) is 36.5 Å². The number of benzene rings is 1. The first-order valence-corrected chi connectivity index (χ1v) is 5.48. The first-order chi connectivity index (χ1) is 7.81. The molecule has 0 saturated heterocycles. The topological polar surface area (TPSA) is 45.1 Å². The minimum Gasteiger partial charge on any atom is -0.395 e. The van der Waals surface area contributed by atoms with Crippen LogP contribution in [0.2, 0.25) is 0 Å². The summed E-state index contributed by atoms with van der Waals surface area (Å²) in [5.74, 6) is 0. The number of aromatic nitrogens is 1. The molecule has 0 aliphatic rings. The number of nitrogens with zero attached hydrogens (tertiary/aromatic N) is 1. The van der Waals surface area contributed by atoms with Gasteiger partial charge in [-0.1, -0.05) is 24.3 Å². The van der Waals surface area contributed by atoms with Crippen LogP contribution in [0.4, 0.5) is 0 Å². The fourth-order valence-corrected chi connectivity index (χ4v) is 1.66. The molecule has 0 radical (unpaired) electrons. The number of fused-ring (bicyclic) bond motifs is 1. The van der Waals surface area contributed by atoms with Gasteiger partial charge in [-0.15, -0.1) is 0 Å². The van der Waals surface area contributed by atoms with Gasteiger partial charge in [0.2, 0.25) is 0 Å². The van der Waals surface area contributed by atoms with Crippen molar-refractivity contribution in [1.29, 1.82) is 0 Å². The summed E-state index contributed by atoms with van der Waals surface area (Å²) < 4.78 is 0. The lowest BCUT2D eigenvalue weighted by Crippen LogP contribution is -2.28. The highest BCUT2D eigenvalue weighted by molar-refractivity contribution is 5.81. The third-order valence-electron chi connectivity index (χ3n) is 2.63. The van der Waals surface area contributed by atoms with Crippen LogP contribution in [0.3, 0.4) is 0 Å². The second-order valence-corrected chi connectivity index (χ2v) is 3.96. The number of hydrogen-bond acceptors (Lipinski definition) is 3. The van der Waals surface area contributed by atoms with Crippen LogP contribution >= 0.6 is 0 Å². The van der Waals surface area contributed by atoms with Gasteiger partial charge in [0.25, 0.3) is 0 Å². The lowest BCUT2D eigenvalue weighted by molar-refractivity contribution is 0.251. The third-order valence-corrected chi connectivity index (χ3v) is 2.63. The zero-order valence-corrected chi connectivity index (χ0v) is 9.35. The molecule has 0 fully saturated rings. The summed E-state index contributed by atoms with van der Waals surface area (Å²) in [6.07, 6.45) is 1.81. The second-order valence-electron chi connectivity index (χ2n) is 3.96. The third kappa shape index (κ3) is 2.38. The molecule has 0 saturated carbocycles. The Morgan fingerprint density at radius 1 is 1.31 bits per heavy atom. The normalized spacial score (nSPS) is 12.9. The van der Waals surface area contributed by atoms with E-state index in [9.17, 15) is 0 Å². The van der Waals surface area contributed by atoms with E-state index in [0.717, 1.165) is 17.4 Å². The quantitative estimate of drug-likeness (QED) is 0.817. The minimum atomic E-state index is 0.110. The Hall–Kier alpha value is -1.45. The smallest absolute Gasteiger partial charge is 0.0746 e. The van der Waals surface area contributed by atoms with Gasteiger partial charge in [0, 0.05) is 24.2 Å². The molecule has 2 aromatic rings. The predicted molar refractivity (Wildman–Crippen MR) is 65.1 cm³/mol. The van der Waals surface area contributed by atoms with Gasteiger partial charge in [-0.05, 0) is 18.6 Å². The summed E-state index contributed by atoms with van der Waals surface area (Å²) in [6.45, 7) is 2.84. The molecule has 84 valence electrons. The van der Waals surface area contributed by atoms with E-state index in [1.54, 1.807) is 6.20 Å². The average molecular weight is 216 g/mol. The first-order valence-electron chi connectivity index (χ1n) is 5.48. The molecule has 1 aromatic heterocycles. The highest BCUT2D eigenvalue weighted by Gasteiger charge is 2.03. The van der Waals surface area contributed by atoms with Crippen molar-refractivity contribution >= 4 is 10.9 Å². The van der Waals surface area contributed by atoms with Crippen LogP contribution in [0, 0.1) is 0 Å². The lowest BCUT2D eigenvalue weighted by atomic mass is 10.1. The van der Waals surface area contributed by atoms with Gasteiger partial charge < -0.3 is 10.4 Å². The van der Waals surface area contributed by atoms with Gasteiger partial charge in [0.15, 0.2) is 0 Å². The second kappa shape index (κ2) is 5.05. The van der Waals surface area contributed by atoms with Crippen molar-refractivity contribution in [2.75, 3.05) is 6.61 Å². The van der Waals surface area contributed by atoms with Crippen LogP contribution in [0.5, 0.6) is 0 Å². The van der Waals surface area contributed by atoms with E-state index in [4.69, 9.17) is 5.11 Å². The molecule has 0 spiro atoms. The van der Waals surface area contributed by atoms with Crippen LogP contribution in [-0.2, 0) is 6.54 Å². The largest absolute Gasteiger partial charge is 0.395 e. The molecule has 0 aliphatic carbocycles. The monoisotopic (exact) mass is 216 g/mol. The maximum Gasteiger partial charge on any atom is 0.0746 e. The van der Waals surface area contributed by atoms with E-state index in [1.165, 1.54) is 5.56 Å². The van der Waals surface area contributed by atoms with Gasteiger partial charge in [-0.2, -0.15) is 0 Å². The number of pyridine rings is 1. The standard InChI is InChI=1S/C13H16N2O/c1-10(9-16)15-8-12-5-2-4-11-6-3-7-14-13(11)12/h2-7,10,15-16H,8-9H2,1H3/t10-/m1/s1. The molecule has 2 N–H and O–H groups in total. The molecule has 0 bridgehead atoms. The fraction of sp³-hybridized carbons (Fsp3) is 0.308. The zero-order valence-electron chi connectivity index (χ0n) is 9.35. The maximum absolute atomic E-state index is 8.95. The Morgan fingerprint density at radius 2 is 2.12 bits per heavy atom. The molecule has 3 heteroatoms. The Bertz CT molecular complexity index is 465. The number of aliphatic hydroxyl groups is 1. The van der Waals surface area contributed by atoms with Crippen LogP contribution in [0.25, 0.3) is 10.9 Å². The van der Waals surface area contributed by atoms with Crippen molar-refractivity contribution in [3.8, 4) is 0 Å². The van der Waals surface area contributed by atoms with E-state index >= 15 is 0 Å². The van der Waals surface area contributed by atoms with Gasteiger partial charge in [-0.25, -0.2) is 0 Å². The van der Waals surface area contributed by atoms with E-state index < -0.39 is 0 Å². The van der Waals surface area contributed by atoms with Crippen molar-refractivity contribution < 1.29 is 5.11 Å². The highest BCUT2D eigenvalue weighted by Crippen LogP contribution is 2.15. The van der Waals surface area contributed by atoms with Gasteiger partial charge in [0.1, 0.15) is 0 Å². The highest BCUT2D eigenvalue weighted by atomic mass is 16.3. The van der Waals surface area contributed by atoms with Gasteiger partial charge >= 0.3 is 0 Å². The molecule has 1 heterocycles. The van der Waals surface area contributed by atoms with E-state index in [2.05, 4.69) is 28.5 Å². The first kappa shape index (κ1) is 11.0. The van der Waals surface area contributed by atoms with Crippen LogP contribution in [-0.4, -0.2) is 22.7 Å². The zero-order chi connectivity index (χ0) is 11.4. The molecule has 2 rings (SSSR count). The van der Waals surface area contributed by atoms with Crippen molar-refractivity contribution in [2.45, 2.75) is 19.5 Å². The molecule has 0 aliphatic heterocycles. The molecule has 0 amide bonds. The maximum atomic E-state index is 8.95. The van der Waals surface area contributed by atoms with Crippen molar-refractivity contribution in [2.24, 2.45) is 0 Å². The predicted octanol–water partition coefficient (Wildman–Crippen LogP) is 1.71. The number of para-hydroxylation sites is 1. The molecule has 0 unspecified atom stereocenters. The van der Waals surface area contributed by atoms with E-state index in [0.29, 0.717) is 0 Å². The van der Waals surface area contributed by atoms with Crippen molar-refractivity contribution in [1.82, 2.24) is 10.3 Å². The minimum absolute atomic E-state index is 0.110.